The van der Waals surface area contributed by atoms with Crippen molar-refractivity contribution in [2.75, 3.05) is 6.61 Å². The van der Waals surface area contributed by atoms with Crippen molar-refractivity contribution in [1.82, 2.24) is 4.98 Å². The Morgan fingerprint density at radius 1 is 1.15 bits per heavy atom. The van der Waals surface area contributed by atoms with Gasteiger partial charge in [-0.15, -0.1) is 0 Å². The van der Waals surface area contributed by atoms with E-state index in [1.54, 1.807) is 0 Å². The van der Waals surface area contributed by atoms with Crippen molar-refractivity contribution in [3.8, 4) is 0 Å². The Hall–Kier alpha value is -2.43. The monoisotopic (exact) mass is 353 g/mol. The third kappa shape index (κ3) is 2.96. The summed E-state index contributed by atoms with van der Waals surface area (Å²) < 4.78 is 5.36. The van der Waals surface area contributed by atoms with Gasteiger partial charge in [0.15, 0.2) is 6.61 Å². The van der Waals surface area contributed by atoms with Gasteiger partial charge in [-0.05, 0) is 38.7 Å². The van der Waals surface area contributed by atoms with Crippen LogP contribution in [0.15, 0.2) is 24.3 Å². The number of Topliss-reactive ketones (excluding diaryl/α,β-unsaturated/α-hetero) is 2. The van der Waals surface area contributed by atoms with Crippen molar-refractivity contribution >= 4 is 28.4 Å². The van der Waals surface area contributed by atoms with Crippen LogP contribution in [0.25, 0.3) is 10.9 Å². The highest BCUT2D eigenvalue weighted by Gasteiger charge is 2.41. The SMILES string of the molecule is Cc1[nH]c2ccccc2c1C(=O)COC(=O)C1C[C@H]2CCC[C@@H](C1)C2=O. The fourth-order valence-electron chi connectivity index (χ4n) is 4.63. The first kappa shape index (κ1) is 17.0. The van der Waals surface area contributed by atoms with E-state index in [0.29, 0.717) is 24.2 Å². The molecule has 136 valence electrons. The number of ether oxygens (including phenoxy) is 1. The molecule has 5 heteroatoms. The molecule has 1 unspecified atom stereocenters. The maximum absolute atomic E-state index is 12.6. The molecule has 1 N–H and O–H groups in total. The lowest BCUT2D eigenvalue weighted by Crippen LogP contribution is -2.39. The van der Waals surface area contributed by atoms with Crippen molar-refractivity contribution in [3.05, 3.63) is 35.5 Å². The van der Waals surface area contributed by atoms with Crippen LogP contribution < -0.4 is 0 Å². The van der Waals surface area contributed by atoms with Gasteiger partial charge in [0.2, 0.25) is 5.78 Å². The molecule has 0 saturated heterocycles. The van der Waals surface area contributed by atoms with Gasteiger partial charge in [0.25, 0.3) is 0 Å². The van der Waals surface area contributed by atoms with Crippen molar-refractivity contribution in [2.24, 2.45) is 17.8 Å². The number of nitrogens with one attached hydrogen (secondary N) is 1. The van der Waals surface area contributed by atoms with E-state index >= 15 is 0 Å². The second kappa shape index (κ2) is 6.71. The van der Waals surface area contributed by atoms with Gasteiger partial charge in [-0.1, -0.05) is 24.6 Å². The van der Waals surface area contributed by atoms with Gasteiger partial charge >= 0.3 is 5.97 Å². The molecule has 26 heavy (non-hydrogen) atoms. The zero-order chi connectivity index (χ0) is 18.3. The van der Waals surface area contributed by atoms with Crippen molar-refractivity contribution < 1.29 is 19.1 Å². The zero-order valence-corrected chi connectivity index (χ0v) is 14.9. The molecular formula is C21H23NO4. The number of esters is 1. The van der Waals surface area contributed by atoms with Crippen LogP contribution in [0.1, 0.15) is 48.2 Å². The molecular weight excluding hydrogens is 330 g/mol. The van der Waals surface area contributed by atoms with Crippen LogP contribution in [-0.2, 0) is 14.3 Å². The van der Waals surface area contributed by atoms with E-state index in [4.69, 9.17) is 4.74 Å². The lowest BCUT2D eigenvalue weighted by Gasteiger charge is -2.36. The van der Waals surface area contributed by atoms with Crippen LogP contribution in [0, 0.1) is 24.7 Å². The minimum absolute atomic E-state index is 0.00612. The number of H-pyrrole nitrogens is 1. The van der Waals surface area contributed by atoms with Crippen molar-refractivity contribution in [3.63, 3.8) is 0 Å². The second-order valence-electron chi connectivity index (χ2n) is 7.60. The summed E-state index contributed by atoms with van der Waals surface area (Å²) in [7, 11) is 0. The number of para-hydroxylation sites is 1. The molecule has 2 aliphatic rings. The Kier molecular flexibility index (Phi) is 4.39. The van der Waals surface area contributed by atoms with E-state index in [1.807, 2.05) is 31.2 Å². The normalized spacial score (nSPS) is 25.3. The Labute approximate surface area is 152 Å². The lowest BCUT2D eigenvalue weighted by molar-refractivity contribution is -0.152. The molecule has 2 saturated carbocycles. The van der Waals surface area contributed by atoms with Gasteiger partial charge in [-0.2, -0.15) is 0 Å². The summed E-state index contributed by atoms with van der Waals surface area (Å²) in [5.74, 6) is -0.440. The fourth-order valence-corrected chi connectivity index (χ4v) is 4.63. The highest BCUT2D eigenvalue weighted by molar-refractivity contribution is 6.10. The van der Waals surface area contributed by atoms with Gasteiger partial charge in [0.1, 0.15) is 5.78 Å². The highest BCUT2D eigenvalue weighted by atomic mass is 16.5. The number of aromatic amines is 1. The molecule has 4 rings (SSSR count). The van der Waals surface area contributed by atoms with Crippen LogP contribution in [0.2, 0.25) is 0 Å². The average molecular weight is 353 g/mol. The molecule has 1 aromatic heterocycles. The smallest absolute Gasteiger partial charge is 0.309 e. The van der Waals surface area contributed by atoms with Gasteiger partial charge in [-0.25, -0.2) is 0 Å². The maximum atomic E-state index is 12.6. The highest BCUT2D eigenvalue weighted by Crippen LogP contribution is 2.40. The second-order valence-corrected chi connectivity index (χ2v) is 7.60. The quantitative estimate of drug-likeness (QED) is 0.673. The number of fused-ring (bicyclic) bond motifs is 3. The summed E-state index contributed by atoms with van der Waals surface area (Å²) in [6, 6.07) is 7.61. The lowest BCUT2D eigenvalue weighted by atomic mass is 9.67. The van der Waals surface area contributed by atoms with E-state index < -0.39 is 0 Å². The molecule has 2 aliphatic carbocycles. The minimum atomic E-state index is -0.333. The predicted molar refractivity (Wildman–Crippen MR) is 96.9 cm³/mol. The van der Waals surface area contributed by atoms with Crippen LogP contribution in [0.3, 0.4) is 0 Å². The number of carbonyl (C=O) groups is 3. The van der Waals surface area contributed by atoms with Gasteiger partial charge in [0, 0.05) is 34.0 Å². The molecule has 2 bridgehead atoms. The number of ketones is 2. The number of aromatic nitrogens is 1. The van der Waals surface area contributed by atoms with Crippen LogP contribution in [0.5, 0.6) is 0 Å². The number of hydrogen-bond acceptors (Lipinski definition) is 4. The van der Waals surface area contributed by atoms with E-state index in [1.165, 1.54) is 0 Å². The largest absolute Gasteiger partial charge is 0.457 e. The van der Waals surface area contributed by atoms with Crippen molar-refractivity contribution in [2.45, 2.75) is 39.0 Å². The summed E-state index contributed by atoms with van der Waals surface area (Å²) in [5, 5.41) is 0.851. The Balaban J connectivity index is 1.42. The topological polar surface area (TPSA) is 76.2 Å². The van der Waals surface area contributed by atoms with Crippen molar-refractivity contribution in [1.29, 1.82) is 0 Å². The molecule has 0 amide bonds. The molecule has 0 aliphatic heterocycles. The molecule has 1 aromatic carbocycles. The molecule has 0 spiro atoms. The first-order valence-electron chi connectivity index (χ1n) is 9.35. The number of aryl methyl sites for hydroxylation is 1. The standard InChI is InChI=1S/C21H23NO4/c1-12-19(16-7-2-3-8-17(16)22-12)18(23)11-26-21(25)15-9-13-5-4-6-14(10-15)20(13)24/h2-3,7-8,13-15,22H,4-6,9-11H2,1H3/t13-,14+,15?. The van der Waals surface area contributed by atoms with E-state index in [2.05, 4.69) is 4.98 Å². The molecule has 2 aromatic rings. The fraction of sp³-hybridized carbons (Fsp3) is 0.476. The molecule has 5 nitrogen and oxygen atoms in total. The molecule has 2 fully saturated rings. The van der Waals surface area contributed by atoms with Crippen LogP contribution in [0.4, 0.5) is 0 Å². The first-order valence-corrected chi connectivity index (χ1v) is 9.35. The summed E-state index contributed by atoms with van der Waals surface area (Å²) >= 11 is 0. The summed E-state index contributed by atoms with van der Waals surface area (Å²) in [6.07, 6.45) is 3.99. The third-order valence-electron chi connectivity index (χ3n) is 5.90. The molecule has 1 heterocycles. The summed E-state index contributed by atoms with van der Waals surface area (Å²) in [6.45, 7) is 1.60. The number of hydrogen-bond donors (Lipinski definition) is 1. The maximum Gasteiger partial charge on any atom is 0.309 e. The van der Waals surface area contributed by atoms with Gasteiger partial charge < -0.3 is 9.72 Å². The average Bonchev–Trinajstić information content (AvgIpc) is 2.95. The minimum Gasteiger partial charge on any atom is -0.457 e. The molecule has 3 atom stereocenters. The van der Waals surface area contributed by atoms with E-state index in [9.17, 15) is 14.4 Å². The summed E-state index contributed by atoms with van der Waals surface area (Å²) in [5.41, 5.74) is 2.27. The van der Waals surface area contributed by atoms with E-state index in [-0.39, 0.29) is 36.1 Å². The van der Waals surface area contributed by atoms with Crippen LogP contribution in [-0.4, -0.2) is 29.1 Å². The number of benzene rings is 1. The Morgan fingerprint density at radius 3 is 2.58 bits per heavy atom. The number of carbonyl (C=O) groups excluding carboxylic acids is 3. The number of rotatable bonds is 4. The Bertz CT molecular complexity index is 865. The Morgan fingerprint density at radius 2 is 1.85 bits per heavy atom. The van der Waals surface area contributed by atoms with Crippen LogP contribution >= 0.6 is 0 Å². The van der Waals surface area contributed by atoms with Gasteiger partial charge in [0.05, 0.1) is 5.92 Å². The van der Waals surface area contributed by atoms with E-state index in [0.717, 1.165) is 35.9 Å². The third-order valence-corrected chi connectivity index (χ3v) is 5.90. The predicted octanol–water partition coefficient (Wildman–Crippen LogP) is 3.60. The summed E-state index contributed by atoms with van der Waals surface area (Å²) in [4.78, 5) is 40.4. The molecule has 0 radical (unpaired) electrons. The van der Waals surface area contributed by atoms with Gasteiger partial charge in [-0.3, -0.25) is 14.4 Å². The zero-order valence-electron chi connectivity index (χ0n) is 14.9. The first-order chi connectivity index (χ1) is 12.5.